The Morgan fingerprint density at radius 1 is 1.42 bits per heavy atom. The number of esters is 1. The first-order chi connectivity index (χ1) is 9.06. The summed E-state index contributed by atoms with van der Waals surface area (Å²) in [7, 11) is 1.20. The molecule has 2 N–H and O–H groups in total. The van der Waals surface area contributed by atoms with Crippen LogP contribution in [0.15, 0.2) is 35.3 Å². The van der Waals surface area contributed by atoms with Crippen molar-refractivity contribution in [2.75, 3.05) is 7.11 Å². The Kier molecular flexibility index (Phi) is 3.52. The number of nitrogens with zero attached hydrogens (tertiary/aromatic N) is 1. The fourth-order valence-electron chi connectivity index (χ4n) is 1.92. The summed E-state index contributed by atoms with van der Waals surface area (Å²) in [4.78, 5) is 25.8. The van der Waals surface area contributed by atoms with Crippen molar-refractivity contribution in [3.05, 3.63) is 52.2 Å². The summed E-state index contributed by atoms with van der Waals surface area (Å²) in [5.41, 5.74) is 1.11. The molecule has 0 bridgehead atoms. The zero-order valence-corrected chi connectivity index (χ0v) is 10.6. The number of rotatable bonds is 3. The summed E-state index contributed by atoms with van der Waals surface area (Å²) >= 11 is 0. The molecule has 0 saturated heterocycles. The van der Waals surface area contributed by atoms with Gasteiger partial charge in [0.1, 0.15) is 0 Å². The molecule has 1 aromatic heterocycles. The van der Waals surface area contributed by atoms with Crippen LogP contribution in [0.5, 0.6) is 0 Å². The smallest absolute Gasteiger partial charge is 0.339 e. The van der Waals surface area contributed by atoms with Crippen molar-refractivity contribution in [2.45, 2.75) is 13.0 Å². The number of imidazole rings is 1. The van der Waals surface area contributed by atoms with Crippen LogP contribution in [0.3, 0.4) is 0 Å². The standard InChI is InChI=1S/C13H14N2O4/c1-8-7-14-13(18)15(8)10-6-4-3-5-9(10)11(16)12(17)19-2/h3-7,11,16H,1-2H3,(H,14,18). The van der Waals surface area contributed by atoms with Crippen LogP contribution < -0.4 is 5.69 Å². The molecule has 1 unspecified atom stereocenters. The topological polar surface area (TPSA) is 84.3 Å². The Balaban J connectivity index is 2.60. The minimum atomic E-state index is -1.43. The van der Waals surface area contributed by atoms with Crippen LogP contribution in [-0.2, 0) is 9.53 Å². The number of nitrogens with one attached hydrogen (secondary N) is 1. The molecule has 1 heterocycles. The summed E-state index contributed by atoms with van der Waals surface area (Å²) in [6.07, 6.45) is 0.131. The summed E-state index contributed by atoms with van der Waals surface area (Å²) < 4.78 is 5.91. The maximum atomic E-state index is 11.8. The molecule has 100 valence electrons. The van der Waals surface area contributed by atoms with Gasteiger partial charge in [-0.25, -0.2) is 9.59 Å². The number of carbonyl (C=O) groups is 1. The Morgan fingerprint density at radius 2 is 2.11 bits per heavy atom. The van der Waals surface area contributed by atoms with Gasteiger partial charge >= 0.3 is 11.7 Å². The highest BCUT2D eigenvalue weighted by Gasteiger charge is 2.22. The largest absolute Gasteiger partial charge is 0.467 e. The predicted octanol–water partition coefficient (Wildman–Crippen LogP) is 0.680. The lowest BCUT2D eigenvalue weighted by atomic mass is 10.1. The van der Waals surface area contributed by atoms with Crippen molar-refractivity contribution in [2.24, 2.45) is 0 Å². The van der Waals surface area contributed by atoms with Crippen LogP contribution in [-0.4, -0.2) is 27.7 Å². The second-order valence-corrected chi connectivity index (χ2v) is 4.06. The summed E-state index contributed by atoms with van der Waals surface area (Å²) in [6, 6.07) is 6.64. The van der Waals surface area contributed by atoms with Crippen LogP contribution in [0.4, 0.5) is 0 Å². The third-order valence-corrected chi connectivity index (χ3v) is 2.86. The second-order valence-electron chi connectivity index (χ2n) is 4.06. The average Bonchev–Trinajstić information content (AvgIpc) is 2.76. The highest BCUT2D eigenvalue weighted by Crippen LogP contribution is 2.22. The molecule has 1 atom stereocenters. The number of hydrogen-bond donors (Lipinski definition) is 2. The number of aryl methyl sites for hydroxylation is 1. The van der Waals surface area contributed by atoms with Gasteiger partial charge in [-0.1, -0.05) is 18.2 Å². The SMILES string of the molecule is COC(=O)C(O)c1ccccc1-n1c(C)c[nH]c1=O. The van der Waals surface area contributed by atoms with E-state index in [4.69, 9.17) is 0 Å². The van der Waals surface area contributed by atoms with Crippen LogP contribution in [0.2, 0.25) is 0 Å². The number of carbonyl (C=O) groups excluding carboxylic acids is 1. The Labute approximate surface area is 109 Å². The van der Waals surface area contributed by atoms with Gasteiger partial charge < -0.3 is 14.8 Å². The molecule has 0 aliphatic rings. The Hall–Kier alpha value is -2.34. The van der Waals surface area contributed by atoms with Gasteiger partial charge in [-0.2, -0.15) is 0 Å². The molecule has 1 aromatic carbocycles. The quantitative estimate of drug-likeness (QED) is 0.797. The van der Waals surface area contributed by atoms with E-state index in [0.29, 0.717) is 16.9 Å². The van der Waals surface area contributed by atoms with Crippen molar-refractivity contribution in [3.63, 3.8) is 0 Å². The number of aromatic nitrogens is 2. The number of para-hydroxylation sites is 1. The fourth-order valence-corrected chi connectivity index (χ4v) is 1.92. The molecular formula is C13H14N2O4. The highest BCUT2D eigenvalue weighted by atomic mass is 16.5. The number of aromatic amines is 1. The molecular weight excluding hydrogens is 248 g/mol. The van der Waals surface area contributed by atoms with Crippen LogP contribution in [0, 0.1) is 6.92 Å². The number of H-pyrrole nitrogens is 1. The number of aliphatic hydroxyl groups excluding tert-OH is 1. The maximum absolute atomic E-state index is 11.8. The number of hydrogen-bond acceptors (Lipinski definition) is 4. The molecule has 0 aliphatic heterocycles. The van der Waals surface area contributed by atoms with Crippen LogP contribution in [0.1, 0.15) is 17.4 Å². The molecule has 19 heavy (non-hydrogen) atoms. The van der Waals surface area contributed by atoms with Gasteiger partial charge in [-0.15, -0.1) is 0 Å². The van der Waals surface area contributed by atoms with Crippen molar-refractivity contribution < 1.29 is 14.6 Å². The predicted molar refractivity (Wildman–Crippen MR) is 68.1 cm³/mol. The first kappa shape index (κ1) is 13.1. The van der Waals surface area contributed by atoms with E-state index in [0.717, 1.165) is 0 Å². The highest BCUT2D eigenvalue weighted by molar-refractivity contribution is 5.77. The molecule has 2 rings (SSSR count). The molecule has 0 fully saturated rings. The van der Waals surface area contributed by atoms with E-state index in [-0.39, 0.29) is 5.69 Å². The first-order valence-corrected chi connectivity index (χ1v) is 5.68. The second kappa shape index (κ2) is 5.11. The Bertz CT molecular complexity index is 657. The number of ether oxygens (including phenoxy) is 1. The van der Waals surface area contributed by atoms with E-state index in [1.165, 1.54) is 11.7 Å². The van der Waals surface area contributed by atoms with E-state index in [1.54, 1.807) is 37.4 Å². The molecule has 0 saturated carbocycles. The molecule has 6 heteroatoms. The maximum Gasteiger partial charge on any atom is 0.339 e. The van der Waals surface area contributed by atoms with E-state index in [2.05, 4.69) is 9.72 Å². The number of benzene rings is 1. The molecule has 0 spiro atoms. The lowest BCUT2D eigenvalue weighted by Crippen LogP contribution is -2.21. The summed E-state index contributed by atoms with van der Waals surface area (Å²) in [6.45, 7) is 1.75. The third-order valence-electron chi connectivity index (χ3n) is 2.86. The van der Waals surface area contributed by atoms with E-state index >= 15 is 0 Å². The minimum absolute atomic E-state index is 0.319. The lowest BCUT2D eigenvalue weighted by Gasteiger charge is -2.14. The zero-order valence-electron chi connectivity index (χ0n) is 10.6. The van der Waals surface area contributed by atoms with Gasteiger partial charge in [0.25, 0.3) is 0 Å². The van der Waals surface area contributed by atoms with Gasteiger partial charge in [0, 0.05) is 17.5 Å². The van der Waals surface area contributed by atoms with E-state index < -0.39 is 12.1 Å². The summed E-state index contributed by atoms with van der Waals surface area (Å²) in [5, 5.41) is 9.95. The van der Waals surface area contributed by atoms with E-state index in [1.807, 2.05) is 0 Å². The van der Waals surface area contributed by atoms with E-state index in [9.17, 15) is 14.7 Å². The third kappa shape index (κ3) is 2.30. The average molecular weight is 262 g/mol. The van der Waals surface area contributed by atoms with Gasteiger partial charge in [0.05, 0.1) is 12.8 Å². The van der Waals surface area contributed by atoms with Crippen molar-refractivity contribution in [1.29, 1.82) is 0 Å². The Morgan fingerprint density at radius 3 is 2.68 bits per heavy atom. The molecule has 2 aromatic rings. The first-order valence-electron chi connectivity index (χ1n) is 5.68. The molecule has 0 aliphatic carbocycles. The van der Waals surface area contributed by atoms with Crippen LogP contribution in [0.25, 0.3) is 5.69 Å². The zero-order chi connectivity index (χ0) is 14.0. The van der Waals surface area contributed by atoms with Gasteiger partial charge in [0.2, 0.25) is 0 Å². The van der Waals surface area contributed by atoms with Gasteiger partial charge in [-0.05, 0) is 13.0 Å². The van der Waals surface area contributed by atoms with Crippen molar-refractivity contribution in [3.8, 4) is 5.69 Å². The normalized spacial score (nSPS) is 12.2. The number of methoxy groups -OCH3 is 1. The van der Waals surface area contributed by atoms with Gasteiger partial charge in [0.15, 0.2) is 6.10 Å². The lowest BCUT2D eigenvalue weighted by molar-refractivity contribution is -0.150. The van der Waals surface area contributed by atoms with Crippen LogP contribution >= 0.6 is 0 Å². The molecule has 6 nitrogen and oxygen atoms in total. The molecule has 0 amide bonds. The molecule has 0 radical (unpaired) electrons. The monoisotopic (exact) mass is 262 g/mol. The number of aliphatic hydroxyl groups is 1. The van der Waals surface area contributed by atoms with Gasteiger partial charge in [-0.3, -0.25) is 4.57 Å². The minimum Gasteiger partial charge on any atom is -0.467 e. The summed E-state index contributed by atoms with van der Waals surface area (Å²) in [5.74, 6) is -0.770. The fraction of sp³-hybridized carbons (Fsp3) is 0.231. The van der Waals surface area contributed by atoms with Crippen molar-refractivity contribution >= 4 is 5.97 Å². The van der Waals surface area contributed by atoms with Crippen molar-refractivity contribution in [1.82, 2.24) is 9.55 Å².